The number of carbonyl (C=O) groups excluding carboxylic acids is 1. The monoisotopic (exact) mass is 412 g/mol. The molecule has 3 aromatic rings. The van der Waals surface area contributed by atoms with Crippen molar-refractivity contribution in [2.75, 3.05) is 18.2 Å². The molecule has 8 heteroatoms. The fraction of sp³-hybridized carbons (Fsp3) is 0.286. The number of ether oxygens (including phenoxy) is 2. The first-order valence-corrected chi connectivity index (χ1v) is 10.3. The maximum atomic E-state index is 12.3. The molecule has 0 radical (unpaired) electrons. The number of amides is 1. The summed E-state index contributed by atoms with van der Waals surface area (Å²) in [5, 5.41) is 12.1. The van der Waals surface area contributed by atoms with Crippen molar-refractivity contribution >= 4 is 23.4 Å². The number of methoxy groups -OCH3 is 1. The first kappa shape index (κ1) is 20.7. The van der Waals surface area contributed by atoms with E-state index in [1.165, 1.54) is 11.8 Å². The molecule has 7 nitrogen and oxygen atoms in total. The number of thioether (sulfide) groups is 1. The Morgan fingerprint density at radius 1 is 1.14 bits per heavy atom. The molecule has 1 atom stereocenters. The molecule has 0 bridgehead atoms. The number of benzene rings is 2. The molecule has 0 aliphatic carbocycles. The Labute approximate surface area is 174 Å². The lowest BCUT2D eigenvalue weighted by molar-refractivity contribution is -0.113. The maximum Gasteiger partial charge on any atom is 0.234 e. The SMILES string of the molecule is CCn1c(SCC(=O)Nc2cccc(OC)c2)nnc1[C@@H](C)Oc1ccccc1. The van der Waals surface area contributed by atoms with Crippen LogP contribution in [-0.4, -0.2) is 33.5 Å². The number of anilines is 1. The Balaban J connectivity index is 1.61. The second-order valence-corrected chi connectivity index (χ2v) is 7.17. The summed E-state index contributed by atoms with van der Waals surface area (Å²) < 4.78 is 13.1. The van der Waals surface area contributed by atoms with Gasteiger partial charge in [0.15, 0.2) is 17.1 Å². The smallest absolute Gasteiger partial charge is 0.234 e. The van der Waals surface area contributed by atoms with Gasteiger partial charge in [0.1, 0.15) is 11.5 Å². The average Bonchev–Trinajstić information content (AvgIpc) is 3.16. The molecule has 0 saturated heterocycles. The van der Waals surface area contributed by atoms with Crippen LogP contribution < -0.4 is 14.8 Å². The van der Waals surface area contributed by atoms with E-state index in [0.717, 1.165) is 11.6 Å². The number of hydrogen-bond donors (Lipinski definition) is 1. The number of nitrogens with zero attached hydrogens (tertiary/aromatic N) is 3. The minimum atomic E-state index is -0.259. The summed E-state index contributed by atoms with van der Waals surface area (Å²) in [4.78, 5) is 12.3. The van der Waals surface area contributed by atoms with Crippen LogP contribution in [0.2, 0.25) is 0 Å². The summed E-state index contributed by atoms with van der Waals surface area (Å²) in [5.74, 6) is 2.30. The van der Waals surface area contributed by atoms with Gasteiger partial charge in [0.2, 0.25) is 5.91 Å². The van der Waals surface area contributed by atoms with Crippen molar-refractivity contribution in [2.24, 2.45) is 0 Å². The Morgan fingerprint density at radius 3 is 2.62 bits per heavy atom. The molecule has 1 N–H and O–H groups in total. The van der Waals surface area contributed by atoms with Crippen LogP contribution >= 0.6 is 11.8 Å². The van der Waals surface area contributed by atoms with Crippen molar-refractivity contribution in [1.82, 2.24) is 14.8 Å². The van der Waals surface area contributed by atoms with E-state index in [1.807, 2.05) is 66.9 Å². The predicted molar refractivity (Wildman–Crippen MR) is 114 cm³/mol. The van der Waals surface area contributed by atoms with Crippen LogP contribution in [-0.2, 0) is 11.3 Å². The second kappa shape index (κ2) is 9.97. The summed E-state index contributed by atoms with van der Waals surface area (Å²) in [6, 6.07) is 16.9. The Morgan fingerprint density at radius 2 is 1.90 bits per heavy atom. The zero-order valence-electron chi connectivity index (χ0n) is 16.7. The normalized spacial score (nSPS) is 11.7. The van der Waals surface area contributed by atoms with Crippen molar-refractivity contribution < 1.29 is 14.3 Å². The van der Waals surface area contributed by atoms with E-state index in [1.54, 1.807) is 13.2 Å². The van der Waals surface area contributed by atoms with Crippen LogP contribution in [0.5, 0.6) is 11.5 Å². The molecule has 29 heavy (non-hydrogen) atoms. The van der Waals surface area contributed by atoms with E-state index >= 15 is 0 Å². The molecule has 1 amide bonds. The highest BCUT2D eigenvalue weighted by Gasteiger charge is 2.19. The van der Waals surface area contributed by atoms with Gasteiger partial charge in [-0.1, -0.05) is 36.0 Å². The van der Waals surface area contributed by atoms with Gasteiger partial charge in [-0.2, -0.15) is 0 Å². The van der Waals surface area contributed by atoms with Gasteiger partial charge in [-0.15, -0.1) is 10.2 Å². The molecule has 0 aliphatic rings. The largest absolute Gasteiger partial charge is 0.497 e. The third kappa shape index (κ3) is 5.51. The Bertz CT molecular complexity index is 946. The molecule has 152 valence electrons. The predicted octanol–water partition coefficient (Wildman–Crippen LogP) is 4.18. The number of aromatic nitrogens is 3. The van der Waals surface area contributed by atoms with Crippen molar-refractivity contribution in [3.8, 4) is 11.5 Å². The van der Waals surface area contributed by atoms with Crippen LogP contribution in [0.4, 0.5) is 5.69 Å². The van der Waals surface area contributed by atoms with Crippen molar-refractivity contribution in [1.29, 1.82) is 0 Å². The molecule has 1 heterocycles. The Kier molecular flexibility index (Phi) is 7.13. The fourth-order valence-corrected chi connectivity index (χ4v) is 3.60. The molecule has 2 aromatic carbocycles. The summed E-state index contributed by atoms with van der Waals surface area (Å²) in [7, 11) is 1.59. The summed E-state index contributed by atoms with van der Waals surface area (Å²) >= 11 is 1.34. The molecular formula is C21H24N4O3S. The van der Waals surface area contributed by atoms with Crippen molar-refractivity contribution in [3.63, 3.8) is 0 Å². The standard InChI is InChI=1S/C21H24N4O3S/c1-4-25-20(15(2)28-17-10-6-5-7-11-17)23-24-21(25)29-14-19(26)22-16-9-8-12-18(13-16)27-3/h5-13,15H,4,14H2,1-3H3,(H,22,26)/t15-/m1/s1. The highest BCUT2D eigenvalue weighted by Crippen LogP contribution is 2.25. The van der Waals surface area contributed by atoms with Gasteiger partial charge in [0.25, 0.3) is 0 Å². The number of nitrogens with one attached hydrogen (secondary N) is 1. The zero-order valence-corrected chi connectivity index (χ0v) is 17.5. The molecule has 0 unspecified atom stereocenters. The summed E-state index contributed by atoms with van der Waals surface area (Å²) in [5.41, 5.74) is 0.692. The van der Waals surface area contributed by atoms with Gasteiger partial charge in [-0.3, -0.25) is 4.79 Å². The Hall–Kier alpha value is -3.00. The summed E-state index contributed by atoms with van der Waals surface area (Å²) in [6.07, 6.45) is -0.259. The number of hydrogen-bond acceptors (Lipinski definition) is 6. The van der Waals surface area contributed by atoms with E-state index in [4.69, 9.17) is 9.47 Å². The lowest BCUT2D eigenvalue weighted by atomic mass is 10.3. The second-order valence-electron chi connectivity index (χ2n) is 6.23. The van der Waals surface area contributed by atoms with Crippen LogP contribution in [0, 0.1) is 0 Å². The number of carbonyl (C=O) groups is 1. The lowest BCUT2D eigenvalue weighted by Gasteiger charge is -2.15. The first-order valence-electron chi connectivity index (χ1n) is 9.32. The fourth-order valence-electron chi connectivity index (χ4n) is 2.79. The van der Waals surface area contributed by atoms with Gasteiger partial charge in [-0.05, 0) is 38.1 Å². The summed E-state index contributed by atoms with van der Waals surface area (Å²) in [6.45, 7) is 4.64. The van der Waals surface area contributed by atoms with Gasteiger partial charge in [0, 0.05) is 18.3 Å². The highest BCUT2D eigenvalue weighted by molar-refractivity contribution is 7.99. The van der Waals surface area contributed by atoms with Crippen LogP contribution in [0.1, 0.15) is 25.8 Å². The van der Waals surface area contributed by atoms with Gasteiger partial charge < -0.3 is 19.4 Å². The molecule has 0 fully saturated rings. The van der Waals surface area contributed by atoms with Gasteiger partial charge in [0.05, 0.1) is 12.9 Å². The third-order valence-corrected chi connectivity index (χ3v) is 5.13. The molecule has 0 spiro atoms. The van der Waals surface area contributed by atoms with E-state index in [2.05, 4.69) is 15.5 Å². The topological polar surface area (TPSA) is 78.3 Å². The van der Waals surface area contributed by atoms with E-state index in [0.29, 0.717) is 23.1 Å². The van der Waals surface area contributed by atoms with E-state index in [-0.39, 0.29) is 17.8 Å². The third-order valence-electron chi connectivity index (χ3n) is 4.17. The highest BCUT2D eigenvalue weighted by atomic mass is 32.2. The molecule has 0 saturated carbocycles. The van der Waals surface area contributed by atoms with Crippen molar-refractivity contribution in [3.05, 3.63) is 60.4 Å². The van der Waals surface area contributed by atoms with Gasteiger partial charge >= 0.3 is 0 Å². The number of para-hydroxylation sites is 1. The quantitative estimate of drug-likeness (QED) is 0.531. The van der Waals surface area contributed by atoms with Crippen LogP contribution in [0.15, 0.2) is 59.8 Å². The number of rotatable bonds is 9. The molecule has 0 aliphatic heterocycles. The molecule has 1 aromatic heterocycles. The van der Waals surface area contributed by atoms with E-state index in [9.17, 15) is 4.79 Å². The average molecular weight is 413 g/mol. The van der Waals surface area contributed by atoms with Crippen molar-refractivity contribution in [2.45, 2.75) is 31.7 Å². The van der Waals surface area contributed by atoms with Crippen LogP contribution in [0.25, 0.3) is 0 Å². The molecule has 3 rings (SSSR count). The molecular weight excluding hydrogens is 388 g/mol. The minimum absolute atomic E-state index is 0.121. The van der Waals surface area contributed by atoms with E-state index < -0.39 is 0 Å². The first-order chi connectivity index (χ1) is 14.1. The minimum Gasteiger partial charge on any atom is -0.497 e. The van der Waals surface area contributed by atoms with Crippen LogP contribution in [0.3, 0.4) is 0 Å². The van der Waals surface area contributed by atoms with Gasteiger partial charge in [-0.25, -0.2) is 0 Å². The maximum absolute atomic E-state index is 12.3. The zero-order chi connectivity index (χ0) is 20.6. The lowest BCUT2D eigenvalue weighted by Crippen LogP contribution is -2.15.